The predicted octanol–water partition coefficient (Wildman–Crippen LogP) is 6.15. The Morgan fingerprint density at radius 2 is 1.61 bits per heavy atom. The zero-order chi connectivity index (χ0) is 29.3. The number of carboxylic acid groups (broad SMARTS) is 1. The van der Waals surface area contributed by atoms with Crippen LogP contribution in [0.2, 0.25) is 0 Å². The Morgan fingerprint density at radius 1 is 1.00 bits per heavy atom. The van der Waals surface area contributed by atoms with Gasteiger partial charge in [0.25, 0.3) is 0 Å². The van der Waals surface area contributed by atoms with Crippen molar-refractivity contribution in [2.45, 2.75) is 100 Å². The summed E-state index contributed by atoms with van der Waals surface area (Å²) in [4.78, 5) is 59.0. The number of aliphatic carboxylic acids is 1. The van der Waals surface area contributed by atoms with Gasteiger partial charge in [-0.3, -0.25) is 24.0 Å². The van der Waals surface area contributed by atoms with Gasteiger partial charge < -0.3 is 9.84 Å². The summed E-state index contributed by atoms with van der Waals surface area (Å²) < 4.78 is 5.10. The third kappa shape index (κ3) is 6.89. The minimum Gasteiger partial charge on any atom is -0.481 e. The van der Waals surface area contributed by atoms with Crippen LogP contribution < -0.4 is 0 Å². The van der Waals surface area contributed by atoms with Crippen LogP contribution in [0.1, 0.15) is 100 Å². The summed E-state index contributed by atoms with van der Waals surface area (Å²) in [5.41, 5.74) is 0.341. The largest absolute Gasteiger partial charge is 0.481 e. The van der Waals surface area contributed by atoms with Gasteiger partial charge in [-0.15, -0.1) is 0 Å². The lowest BCUT2D eigenvalue weighted by Crippen LogP contribution is -2.54. The Morgan fingerprint density at radius 3 is 2.16 bits per heavy atom. The second kappa shape index (κ2) is 14.5. The summed E-state index contributed by atoms with van der Waals surface area (Å²) in [7, 11) is 0. The Labute approximate surface area is 228 Å². The minimum absolute atomic E-state index is 0.0113. The van der Waals surface area contributed by atoms with E-state index in [1.807, 2.05) is 33.8 Å². The lowest BCUT2D eigenvalue weighted by molar-refractivity contribution is -0.153. The molecular weight excluding hydrogens is 484 g/mol. The monoisotopic (exact) mass is 532 g/mol. The van der Waals surface area contributed by atoms with Crippen molar-refractivity contribution in [3.05, 3.63) is 23.8 Å². The molecular formula is C31H48O7. The number of Topliss-reactive ketones (excluding diaryl/α,β-unsaturated/α-hetero) is 2. The van der Waals surface area contributed by atoms with Crippen LogP contribution in [-0.4, -0.2) is 41.0 Å². The zero-order valence-electron chi connectivity index (χ0n) is 24.6. The van der Waals surface area contributed by atoms with Crippen molar-refractivity contribution in [3.63, 3.8) is 0 Å². The van der Waals surface area contributed by atoms with E-state index in [4.69, 9.17) is 9.84 Å². The number of hydrogen-bond acceptors (Lipinski definition) is 6. The third-order valence-corrected chi connectivity index (χ3v) is 8.61. The number of carbonyl (C=O) groups excluding carboxylic acids is 4. The Hall–Kier alpha value is -2.57. The van der Waals surface area contributed by atoms with Gasteiger partial charge in [0.1, 0.15) is 12.4 Å². The van der Waals surface area contributed by atoms with Gasteiger partial charge in [0.2, 0.25) is 0 Å². The average molecular weight is 533 g/mol. The molecule has 0 bridgehead atoms. The van der Waals surface area contributed by atoms with Gasteiger partial charge >= 0.3 is 11.9 Å². The van der Waals surface area contributed by atoms with Crippen LogP contribution in [0.4, 0.5) is 0 Å². The summed E-state index contributed by atoms with van der Waals surface area (Å²) in [6.45, 7) is 15.3. The first-order valence-electron chi connectivity index (χ1n) is 14.3. The number of carboxylic acids is 1. The van der Waals surface area contributed by atoms with E-state index in [-0.39, 0.29) is 71.4 Å². The molecule has 3 fully saturated rings. The maximum atomic E-state index is 13.5. The highest BCUT2D eigenvalue weighted by molar-refractivity contribution is 6.02. The Balaban J connectivity index is 0.000000709. The summed E-state index contributed by atoms with van der Waals surface area (Å²) in [6, 6.07) is 0. The molecule has 0 spiro atoms. The Bertz CT molecular complexity index is 946. The smallest absolute Gasteiger partial charge is 0.305 e. The molecule has 4 aliphatic carbocycles. The molecule has 4 rings (SSSR count). The number of hydrogen-bond donors (Lipinski definition) is 1. The molecule has 6 unspecified atom stereocenters. The van der Waals surface area contributed by atoms with E-state index in [0.717, 1.165) is 31.3 Å². The van der Waals surface area contributed by atoms with Crippen LogP contribution in [0.5, 0.6) is 0 Å². The van der Waals surface area contributed by atoms with E-state index in [9.17, 15) is 24.0 Å². The molecule has 0 aromatic carbocycles. The number of rotatable bonds is 5. The molecule has 38 heavy (non-hydrogen) atoms. The van der Waals surface area contributed by atoms with Crippen LogP contribution in [0.3, 0.4) is 0 Å². The van der Waals surface area contributed by atoms with Crippen LogP contribution in [0.25, 0.3) is 0 Å². The number of carbonyl (C=O) groups is 5. The fraction of sp³-hybridized carbons (Fsp3) is 0.710. The molecule has 0 saturated heterocycles. The SMILES string of the molecule is CC.CC.CCC(=O)O.CCC(=O)OCC(=O)C1CCC2C3CCC4=CC(=O)C=CC4(C)C3C(=O)CC12C. The number of ketones is 3. The van der Waals surface area contributed by atoms with Crippen LogP contribution in [-0.2, 0) is 28.7 Å². The lowest BCUT2D eigenvalue weighted by Gasteiger charge is -2.55. The highest BCUT2D eigenvalue weighted by Gasteiger charge is 2.62. The maximum absolute atomic E-state index is 13.5. The standard InChI is InChI=1S/C24H30O5.C3H6O2.2C2H6/c1-4-21(28)29-13-20(27)18-8-7-17-16-6-5-14-11-15(25)9-10-23(14,2)22(16)19(26)12-24(17,18)3;1-2-3(4)5;2*1-2/h9-11,16-18,22H,4-8,12-13H2,1-3H3;2H2,1H3,(H,4,5);2*1-2H3. The third-order valence-electron chi connectivity index (χ3n) is 8.61. The van der Waals surface area contributed by atoms with Gasteiger partial charge in [-0.1, -0.05) is 67.0 Å². The second-order valence-electron chi connectivity index (χ2n) is 10.5. The molecule has 0 heterocycles. The summed E-state index contributed by atoms with van der Waals surface area (Å²) in [5.74, 6) is -0.729. The van der Waals surface area contributed by atoms with Crippen molar-refractivity contribution in [1.82, 2.24) is 0 Å². The molecule has 7 nitrogen and oxygen atoms in total. The molecule has 0 aromatic heterocycles. The molecule has 0 amide bonds. The quantitative estimate of drug-likeness (QED) is 0.423. The molecule has 0 aliphatic heterocycles. The summed E-state index contributed by atoms with van der Waals surface area (Å²) in [6.07, 6.45) is 9.56. The molecule has 3 saturated carbocycles. The lowest BCUT2D eigenvalue weighted by atomic mass is 9.47. The van der Waals surface area contributed by atoms with E-state index in [2.05, 4.69) is 13.8 Å². The molecule has 4 aliphatic rings. The number of allylic oxidation sites excluding steroid dienone is 4. The number of esters is 1. The highest BCUT2D eigenvalue weighted by Crippen LogP contribution is 2.64. The van der Waals surface area contributed by atoms with E-state index in [0.29, 0.717) is 12.3 Å². The van der Waals surface area contributed by atoms with E-state index < -0.39 is 5.97 Å². The van der Waals surface area contributed by atoms with Gasteiger partial charge in [0.15, 0.2) is 11.6 Å². The maximum Gasteiger partial charge on any atom is 0.305 e. The number of fused-ring (bicyclic) bond motifs is 5. The fourth-order valence-corrected chi connectivity index (χ4v) is 6.91. The van der Waals surface area contributed by atoms with Gasteiger partial charge in [-0.25, -0.2) is 0 Å². The number of ether oxygens (including phenoxy) is 1. The van der Waals surface area contributed by atoms with Crippen molar-refractivity contribution in [3.8, 4) is 0 Å². The summed E-state index contributed by atoms with van der Waals surface area (Å²) in [5, 5.41) is 7.72. The zero-order valence-corrected chi connectivity index (χ0v) is 24.6. The molecule has 7 heteroatoms. The first kappa shape index (κ1) is 33.5. The normalized spacial score (nSPS) is 32.3. The van der Waals surface area contributed by atoms with Gasteiger partial charge in [-0.2, -0.15) is 0 Å². The van der Waals surface area contributed by atoms with Crippen molar-refractivity contribution < 1.29 is 33.8 Å². The van der Waals surface area contributed by atoms with E-state index in [1.54, 1.807) is 26.0 Å². The minimum atomic E-state index is -0.745. The van der Waals surface area contributed by atoms with Crippen molar-refractivity contribution in [1.29, 1.82) is 0 Å². The van der Waals surface area contributed by atoms with Crippen molar-refractivity contribution >= 4 is 29.3 Å². The molecule has 1 N–H and O–H groups in total. The first-order chi connectivity index (χ1) is 18.0. The molecule has 0 aromatic rings. The van der Waals surface area contributed by atoms with Gasteiger partial charge in [0.05, 0.1) is 0 Å². The van der Waals surface area contributed by atoms with Gasteiger partial charge in [0, 0.05) is 36.5 Å². The Kier molecular flexibility index (Phi) is 12.8. The molecule has 6 atom stereocenters. The van der Waals surface area contributed by atoms with Gasteiger partial charge in [-0.05, 0) is 55.1 Å². The fourth-order valence-electron chi connectivity index (χ4n) is 6.91. The second-order valence-corrected chi connectivity index (χ2v) is 10.5. The van der Waals surface area contributed by atoms with Crippen molar-refractivity contribution in [2.75, 3.05) is 6.61 Å². The highest BCUT2D eigenvalue weighted by atomic mass is 16.5. The first-order valence-corrected chi connectivity index (χ1v) is 14.3. The average Bonchev–Trinajstić information content (AvgIpc) is 3.26. The van der Waals surface area contributed by atoms with E-state index >= 15 is 0 Å². The van der Waals surface area contributed by atoms with Crippen molar-refractivity contribution in [2.24, 2.45) is 34.5 Å². The van der Waals surface area contributed by atoms with Crippen LogP contribution in [0.15, 0.2) is 23.8 Å². The predicted molar refractivity (Wildman–Crippen MR) is 147 cm³/mol. The van der Waals surface area contributed by atoms with E-state index in [1.165, 1.54) is 0 Å². The summed E-state index contributed by atoms with van der Waals surface area (Å²) >= 11 is 0. The molecule has 0 radical (unpaired) electrons. The molecule has 214 valence electrons. The topological polar surface area (TPSA) is 115 Å². The van der Waals surface area contributed by atoms with Crippen LogP contribution >= 0.6 is 0 Å². The van der Waals surface area contributed by atoms with Crippen LogP contribution in [0, 0.1) is 34.5 Å².